The zero-order valence-corrected chi connectivity index (χ0v) is 77.3. The molecule has 4 aromatic carbocycles. The molecule has 4 bridgehead atoms. The van der Waals surface area contributed by atoms with Crippen molar-refractivity contribution in [2.75, 3.05) is 92.3 Å². The number of fused-ring (bicyclic) bond motifs is 6. The van der Waals surface area contributed by atoms with Gasteiger partial charge in [-0.2, -0.15) is 0 Å². The fourth-order valence-electron chi connectivity index (χ4n) is 18.9. The van der Waals surface area contributed by atoms with E-state index in [4.69, 9.17) is 35.4 Å². The van der Waals surface area contributed by atoms with Gasteiger partial charge in [-0.25, -0.2) is 16.8 Å². The van der Waals surface area contributed by atoms with Crippen molar-refractivity contribution in [3.05, 3.63) is 203 Å². The quantitative estimate of drug-likeness (QED) is 0.0183. The third kappa shape index (κ3) is 19.8. The van der Waals surface area contributed by atoms with Crippen molar-refractivity contribution in [2.45, 2.75) is 183 Å². The number of benzene rings is 4. The van der Waals surface area contributed by atoms with Crippen LogP contribution in [-0.2, 0) is 77.5 Å². The molecule has 14 atom stereocenters. The Morgan fingerprint density at radius 2 is 0.904 bits per heavy atom. The summed E-state index contributed by atoms with van der Waals surface area (Å²) < 4.78 is 111. The van der Waals surface area contributed by atoms with Gasteiger partial charge in [-0.05, 0) is 182 Å². The summed E-state index contributed by atoms with van der Waals surface area (Å²) in [6.45, 7) is 22.9. The number of rotatable bonds is 44. The largest absolute Gasteiger partial charge is 0.493 e. The number of thioether (sulfide) groups is 4. The van der Waals surface area contributed by atoms with Gasteiger partial charge in [0.25, 0.3) is 0 Å². The van der Waals surface area contributed by atoms with Gasteiger partial charge in [-0.15, -0.1) is 47.0 Å². The minimum Gasteiger partial charge on any atom is -0.461 e. The lowest BCUT2D eigenvalue weighted by Crippen LogP contribution is -2.60. The van der Waals surface area contributed by atoms with Crippen molar-refractivity contribution in [3.8, 4) is 0 Å². The van der Waals surface area contributed by atoms with Crippen LogP contribution in [0.4, 0.5) is 0 Å². The molecule has 2 aliphatic heterocycles. The van der Waals surface area contributed by atoms with Crippen molar-refractivity contribution >= 4 is 105 Å². The summed E-state index contributed by atoms with van der Waals surface area (Å²) in [6, 6.07) is 38.9. The Balaban J connectivity index is 0.610. The van der Waals surface area contributed by atoms with E-state index in [1.807, 2.05) is 61.6 Å². The number of nitrogens with one attached hydrogen (secondary N) is 4. The second-order valence-corrected chi connectivity index (χ2v) is 55.1. The number of allylic oxidation sites excluding steroid dienone is 6. The summed E-state index contributed by atoms with van der Waals surface area (Å²) in [7, 11) is -11.3. The molecule has 8 aliphatic rings. The maximum atomic E-state index is 15.6. The number of hydrogen-bond donors (Lipinski definition) is 4. The van der Waals surface area contributed by atoms with Crippen LogP contribution in [0.25, 0.3) is 0 Å². The van der Waals surface area contributed by atoms with E-state index in [0.717, 1.165) is 78.4 Å². The Morgan fingerprint density at radius 1 is 0.504 bits per heavy atom. The monoisotopic (exact) mass is 1740 g/mol. The Kier molecular flexibility index (Phi) is 30.1. The van der Waals surface area contributed by atoms with E-state index in [1.54, 1.807) is 77.0 Å². The number of sulfone groups is 2. The summed E-state index contributed by atoms with van der Waals surface area (Å²) in [5, 5.41) is 12.9. The lowest BCUT2D eigenvalue weighted by molar-refractivity contribution is -0.152. The van der Waals surface area contributed by atoms with Crippen LogP contribution in [0, 0.1) is 45.3 Å². The van der Waals surface area contributed by atoms with Gasteiger partial charge in [-0.1, -0.05) is 187 Å². The standard InChI is InChI=1S/C88H124N4O14S6Si3/c1-83(2)73-43-47-85(83,5)61-77(73)103-81(93)79(41-37-65-27-17-13-18-28-65)109-87(111(95,96)71-31-21-15-22-32-71)75-59-67(35-39-69(75)45-55-107-87)63-91-53-51-89-49-25-57-113(11,99-7)105-114(12,100-8)106-115(101-9,102-10)58-26-50-90-52-54-92-64-68-36-40-70-46-56-108-88(76(70)60-68,112(97,98)72-33-23-16-24-34-72)110-80(42-38-66-29-19-14-20-30-66)82(94)104-78-62-86(6)48-44-74(78)84(86,3)4/h13-24,27-36,39-40,45-46,59-60,73-80,89-92H,25-26,37-38,41-44,47-58,61-64H2,1-12H3. The molecular formula is C88H124N4O14S6Si3. The first-order valence-corrected chi connectivity index (χ1v) is 54.7. The molecular weight excluding hydrogens is 1610 g/mol. The van der Waals surface area contributed by atoms with Crippen LogP contribution in [0.3, 0.4) is 0 Å². The predicted molar refractivity (Wildman–Crippen MR) is 475 cm³/mol. The van der Waals surface area contributed by atoms with Crippen molar-refractivity contribution in [1.82, 2.24) is 21.3 Å². The smallest absolute Gasteiger partial charge is 0.461 e. The maximum Gasteiger partial charge on any atom is 0.493 e. The van der Waals surface area contributed by atoms with Gasteiger partial charge in [0.05, 0.1) is 9.79 Å². The first kappa shape index (κ1) is 90.1. The Morgan fingerprint density at radius 3 is 1.28 bits per heavy atom. The zero-order chi connectivity index (χ0) is 82.0. The maximum absolute atomic E-state index is 15.6. The second-order valence-electron chi connectivity index (χ2n) is 34.2. The first-order valence-electron chi connectivity index (χ1n) is 41.3. The third-order valence-corrected chi connectivity index (χ3v) is 51.4. The van der Waals surface area contributed by atoms with Crippen molar-refractivity contribution in [1.29, 1.82) is 0 Å². The molecule has 4 fully saturated rings. The van der Waals surface area contributed by atoms with E-state index < -0.39 is 75.0 Å². The number of hydrogen-bond acceptors (Lipinski definition) is 22. The molecule has 0 radical (unpaired) electrons. The highest BCUT2D eigenvalue weighted by molar-refractivity contribution is 8.32. The van der Waals surface area contributed by atoms with Gasteiger partial charge in [0.1, 0.15) is 22.7 Å². The van der Waals surface area contributed by atoms with E-state index >= 15 is 16.8 Å². The summed E-state index contributed by atoms with van der Waals surface area (Å²) in [6.07, 6.45) is 25.8. The van der Waals surface area contributed by atoms with Gasteiger partial charge in [0.2, 0.25) is 19.7 Å². The molecule has 4 aromatic rings. The summed E-state index contributed by atoms with van der Waals surface area (Å²) in [4.78, 5) is 30.4. The van der Waals surface area contributed by atoms with Gasteiger partial charge in [-0.3, -0.25) is 9.59 Å². The van der Waals surface area contributed by atoms with Gasteiger partial charge >= 0.3 is 38.1 Å². The number of ether oxygens (including phenoxy) is 2. The number of carbonyl (C=O) groups is 2. The van der Waals surface area contributed by atoms with Gasteiger partial charge in [0.15, 0.2) is 6.82 Å². The minimum absolute atomic E-state index is 0.0347. The number of aryl methyl sites for hydroxylation is 2. The molecule has 4 saturated carbocycles. The number of esters is 2. The lowest BCUT2D eigenvalue weighted by atomic mass is 9.71. The normalized spacial score (nSPS) is 28.1. The molecule has 0 amide bonds. The molecule has 27 heteroatoms. The van der Waals surface area contributed by atoms with Crippen LogP contribution in [0.15, 0.2) is 202 Å². The Bertz CT molecular complexity index is 4410. The molecule has 0 spiro atoms. The Hall–Kier alpha value is -4.19. The molecule has 6 aliphatic carbocycles. The number of carbonyl (C=O) groups excluding carboxylic acids is 2. The van der Waals surface area contributed by atoms with Crippen LogP contribution >= 0.6 is 47.0 Å². The predicted octanol–water partition coefficient (Wildman–Crippen LogP) is 16.1. The second kappa shape index (κ2) is 38.5. The molecule has 2 heterocycles. The zero-order valence-electron chi connectivity index (χ0n) is 69.4. The van der Waals surface area contributed by atoms with Gasteiger partial charge in [0, 0.05) is 115 Å². The van der Waals surface area contributed by atoms with Crippen molar-refractivity contribution in [2.24, 2.45) is 45.3 Å². The Labute approximate surface area is 706 Å². The molecule has 0 saturated heterocycles. The first-order chi connectivity index (χ1) is 55.0. The third-order valence-electron chi connectivity index (χ3n) is 26.8. The van der Waals surface area contributed by atoms with Crippen molar-refractivity contribution < 1.29 is 61.8 Å². The van der Waals surface area contributed by atoms with E-state index in [1.165, 1.54) is 47.0 Å². The minimum atomic E-state index is -4.09. The highest BCUT2D eigenvalue weighted by Gasteiger charge is 2.65. The van der Waals surface area contributed by atoms with Crippen LogP contribution in [-0.4, -0.2) is 177 Å². The molecule has 14 unspecified atom stereocenters. The summed E-state index contributed by atoms with van der Waals surface area (Å²) >= 11 is 5.39. The molecule has 4 N–H and O–H groups in total. The van der Waals surface area contributed by atoms with Crippen LogP contribution in [0.5, 0.6) is 0 Å². The molecule has 12 rings (SSSR count). The van der Waals surface area contributed by atoms with Crippen LogP contribution in [0.1, 0.15) is 117 Å². The summed E-state index contributed by atoms with van der Waals surface area (Å²) in [5.74, 6) is -0.273. The highest BCUT2D eigenvalue weighted by Crippen LogP contribution is 2.68. The molecule has 18 nitrogen and oxygen atoms in total. The van der Waals surface area contributed by atoms with Crippen molar-refractivity contribution in [3.63, 3.8) is 0 Å². The van der Waals surface area contributed by atoms with Gasteiger partial charge < -0.3 is 56.7 Å². The molecule has 628 valence electrons. The summed E-state index contributed by atoms with van der Waals surface area (Å²) in [5.41, 5.74) is 6.22. The molecule has 115 heavy (non-hydrogen) atoms. The average molecular weight is 1740 g/mol. The fraction of sp³-hybridized carbons (Fsp3) is 0.568. The fourth-order valence-corrected chi connectivity index (χ4v) is 42.5. The van der Waals surface area contributed by atoms with Crippen LogP contribution in [0.2, 0.25) is 25.2 Å². The SMILES string of the molecule is CO[Si](C)(CCCNCCNCC1=CC2C(=CCSC2(SC(CCc2ccccc2)C(=O)OC2CC3(C)CCC2C3(C)C)S(=O)(=O)c2ccccc2)C=C1)O[Si](C)(OC)O[Si](CCCNCCNCC1=CC2C(=CCSC2(SC(CCc2ccccc2)C(=O)OC2CC3(C)CCC2C3(C)C)S(=O)(=O)c2ccccc2)C=C1)(OC)OC. The topological polar surface area (TPSA) is 224 Å². The molecule has 0 aromatic heterocycles. The van der Waals surface area contributed by atoms with E-state index in [9.17, 15) is 9.59 Å². The lowest BCUT2D eigenvalue weighted by Gasteiger charge is -2.43. The highest BCUT2D eigenvalue weighted by atomic mass is 32.3. The average Bonchev–Trinajstić information content (AvgIpc) is 1.68. The van der Waals surface area contributed by atoms with E-state index in [0.29, 0.717) is 108 Å². The van der Waals surface area contributed by atoms with Crippen LogP contribution < -0.4 is 21.3 Å². The van der Waals surface area contributed by atoms with E-state index in [2.05, 4.69) is 136 Å². The van der Waals surface area contributed by atoms with E-state index in [-0.39, 0.29) is 67.4 Å².